The molecule has 0 unspecified atom stereocenters. The average Bonchev–Trinajstić information content (AvgIpc) is 2.45. The molecule has 20 heavy (non-hydrogen) atoms. The summed E-state index contributed by atoms with van der Waals surface area (Å²) in [6.45, 7) is 1.50. The van der Waals surface area contributed by atoms with Crippen molar-refractivity contribution in [1.29, 1.82) is 0 Å². The summed E-state index contributed by atoms with van der Waals surface area (Å²) in [6.07, 6.45) is 1.68. The molecule has 1 aromatic carbocycles. The molecule has 0 bridgehead atoms. The Balaban J connectivity index is 2.16. The maximum atomic E-state index is 11.9. The van der Waals surface area contributed by atoms with E-state index in [0.717, 1.165) is 5.56 Å². The van der Waals surface area contributed by atoms with Gasteiger partial charge in [0.15, 0.2) is 0 Å². The Hall–Kier alpha value is -2.50. The van der Waals surface area contributed by atoms with Crippen molar-refractivity contribution in [2.75, 3.05) is 13.7 Å². The topological polar surface area (TPSA) is 84.9 Å². The van der Waals surface area contributed by atoms with E-state index in [1.165, 1.54) is 6.92 Å². The maximum absolute atomic E-state index is 11.9. The van der Waals surface area contributed by atoms with Gasteiger partial charge in [-0.3, -0.25) is 9.59 Å². The van der Waals surface area contributed by atoms with Gasteiger partial charge in [0.1, 0.15) is 24.1 Å². The third kappa shape index (κ3) is 2.90. The van der Waals surface area contributed by atoms with E-state index >= 15 is 0 Å². The molecule has 0 spiro atoms. The Morgan fingerprint density at radius 2 is 2.20 bits per heavy atom. The molecule has 0 radical (unpaired) electrons. The zero-order valence-corrected chi connectivity index (χ0v) is 11.2. The lowest BCUT2D eigenvalue weighted by atomic mass is 10.1. The molecule has 6 nitrogen and oxygen atoms in total. The van der Waals surface area contributed by atoms with Crippen LogP contribution in [0.15, 0.2) is 23.8 Å². The molecule has 1 aliphatic heterocycles. The molecule has 1 aromatic rings. The van der Waals surface area contributed by atoms with E-state index in [9.17, 15) is 9.59 Å². The molecule has 1 heterocycles. The van der Waals surface area contributed by atoms with Crippen molar-refractivity contribution < 1.29 is 24.2 Å². The summed E-state index contributed by atoms with van der Waals surface area (Å²) in [4.78, 5) is 22.6. The highest BCUT2D eigenvalue weighted by Crippen LogP contribution is 2.30. The lowest BCUT2D eigenvalue weighted by molar-refractivity contribution is -0.140. The molecule has 1 aliphatic rings. The van der Waals surface area contributed by atoms with E-state index in [-0.39, 0.29) is 6.61 Å². The fourth-order valence-electron chi connectivity index (χ4n) is 1.75. The van der Waals surface area contributed by atoms with Gasteiger partial charge in [0.25, 0.3) is 5.91 Å². The minimum atomic E-state index is -1.08. The summed E-state index contributed by atoms with van der Waals surface area (Å²) in [6, 6.07) is 4.33. The van der Waals surface area contributed by atoms with Crippen LogP contribution in [0.25, 0.3) is 6.08 Å². The highest BCUT2D eigenvalue weighted by atomic mass is 16.5. The number of fused-ring (bicyclic) bond motifs is 1. The molecule has 6 heteroatoms. The molecule has 0 saturated heterocycles. The Morgan fingerprint density at radius 1 is 1.45 bits per heavy atom. The first-order valence-corrected chi connectivity index (χ1v) is 6.06. The van der Waals surface area contributed by atoms with Gasteiger partial charge < -0.3 is 19.9 Å². The number of aliphatic carboxylic acids is 1. The van der Waals surface area contributed by atoms with Crippen molar-refractivity contribution in [1.82, 2.24) is 5.32 Å². The van der Waals surface area contributed by atoms with Crippen molar-refractivity contribution in [2.24, 2.45) is 0 Å². The summed E-state index contributed by atoms with van der Waals surface area (Å²) in [5.41, 5.74) is 1.14. The predicted molar refractivity (Wildman–Crippen MR) is 71.7 cm³/mol. The Bertz CT molecular complexity index is 579. The SMILES string of the molecule is COc1ccc2c(c1)OCC(C(=O)N[C@@H](C)C(=O)O)=C2. The van der Waals surface area contributed by atoms with Gasteiger partial charge >= 0.3 is 5.97 Å². The van der Waals surface area contributed by atoms with Gasteiger partial charge in [0.05, 0.1) is 12.7 Å². The Labute approximate surface area is 116 Å². The van der Waals surface area contributed by atoms with Gasteiger partial charge in [0, 0.05) is 11.6 Å². The minimum Gasteiger partial charge on any atom is -0.497 e. The number of ether oxygens (including phenoxy) is 2. The molecule has 2 N–H and O–H groups in total. The average molecular weight is 277 g/mol. The summed E-state index contributed by atoms with van der Waals surface area (Å²) < 4.78 is 10.6. The number of carbonyl (C=O) groups excluding carboxylic acids is 1. The molecule has 0 aliphatic carbocycles. The van der Waals surface area contributed by atoms with Gasteiger partial charge in [-0.1, -0.05) is 0 Å². The third-order valence-electron chi connectivity index (χ3n) is 2.94. The summed E-state index contributed by atoms with van der Waals surface area (Å²) in [5.74, 6) is -0.223. The van der Waals surface area contributed by atoms with Crippen LogP contribution in [-0.4, -0.2) is 36.7 Å². The number of benzene rings is 1. The first-order chi connectivity index (χ1) is 9.51. The fraction of sp³-hybridized carbons (Fsp3) is 0.286. The van der Waals surface area contributed by atoms with Crippen LogP contribution in [0.3, 0.4) is 0 Å². The molecule has 1 amide bonds. The number of carboxylic acids is 1. The normalized spacial score (nSPS) is 14.4. The predicted octanol–water partition coefficient (Wildman–Crippen LogP) is 1.06. The van der Waals surface area contributed by atoms with Crippen molar-refractivity contribution in [2.45, 2.75) is 13.0 Å². The second-order valence-electron chi connectivity index (χ2n) is 4.40. The van der Waals surface area contributed by atoms with Crippen LogP contribution in [0.1, 0.15) is 12.5 Å². The van der Waals surface area contributed by atoms with E-state index < -0.39 is 17.9 Å². The zero-order chi connectivity index (χ0) is 14.7. The standard InChI is InChI=1S/C14H15NO5/c1-8(14(17)18)15-13(16)10-5-9-3-4-11(19-2)6-12(9)20-7-10/h3-6,8H,7H2,1-2H3,(H,15,16)(H,17,18)/t8-/m0/s1. The number of hydrogen-bond donors (Lipinski definition) is 2. The second kappa shape index (κ2) is 5.64. The molecule has 0 saturated carbocycles. The van der Waals surface area contributed by atoms with Crippen LogP contribution in [0.4, 0.5) is 0 Å². The summed E-state index contributed by atoms with van der Waals surface area (Å²) in [7, 11) is 1.56. The van der Waals surface area contributed by atoms with E-state index in [1.54, 1.807) is 31.4 Å². The van der Waals surface area contributed by atoms with Crippen molar-refractivity contribution in [3.8, 4) is 11.5 Å². The number of amides is 1. The highest BCUT2D eigenvalue weighted by Gasteiger charge is 2.21. The van der Waals surface area contributed by atoms with Crippen LogP contribution in [0, 0.1) is 0 Å². The first-order valence-electron chi connectivity index (χ1n) is 6.06. The second-order valence-corrected chi connectivity index (χ2v) is 4.40. The van der Waals surface area contributed by atoms with Gasteiger partial charge in [-0.2, -0.15) is 0 Å². The minimum absolute atomic E-state index is 0.0956. The summed E-state index contributed by atoms with van der Waals surface area (Å²) >= 11 is 0. The fourth-order valence-corrected chi connectivity index (χ4v) is 1.75. The first kappa shape index (κ1) is 13.9. The van der Waals surface area contributed by atoms with Crippen molar-refractivity contribution in [3.05, 3.63) is 29.3 Å². The van der Waals surface area contributed by atoms with Crippen molar-refractivity contribution in [3.63, 3.8) is 0 Å². The van der Waals surface area contributed by atoms with Crippen molar-refractivity contribution >= 4 is 18.0 Å². The third-order valence-corrected chi connectivity index (χ3v) is 2.94. The number of carboxylic acid groups (broad SMARTS) is 1. The number of hydrogen-bond acceptors (Lipinski definition) is 4. The molecule has 2 rings (SSSR count). The molecule has 0 aromatic heterocycles. The van der Waals surface area contributed by atoms with E-state index in [0.29, 0.717) is 17.1 Å². The molecule has 1 atom stereocenters. The smallest absolute Gasteiger partial charge is 0.325 e. The van der Waals surface area contributed by atoms with Crippen LogP contribution in [-0.2, 0) is 9.59 Å². The number of carbonyl (C=O) groups is 2. The molecule has 106 valence electrons. The number of rotatable bonds is 4. The lowest BCUT2D eigenvalue weighted by Gasteiger charge is -2.19. The van der Waals surface area contributed by atoms with Gasteiger partial charge in [-0.25, -0.2) is 0 Å². The molecular weight excluding hydrogens is 262 g/mol. The van der Waals surface area contributed by atoms with Crippen LogP contribution >= 0.6 is 0 Å². The van der Waals surface area contributed by atoms with Crippen LogP contribution in [0.5, 0.6) is 11.5 Å². The van der Waals surface area contributed by atoms with Crippen LogP contribution in [0.2, 0.25) is 0 Å². The summed E-state index contributed by atoms with van der Waals surface area (Å²) in [5, 5.41) is 11.2. The van der Waals surface area contributed by atoms with Gasteiger partial charge in [0.2, 0.25) is 0 Å². The monoisotopic (exact) mass is 277 g/mol. The van der Waals surface area contributed by atoms with Gasteiger partial charge in [-0.05, 0) is 25.1 Å². The Kier molecular flexibility index (Phi) is 3.93. The van der Waals surface area contributed by atoms with E-state index in [1.807, 2.05) is 0 Å². The quantitative estimate of drug-likeness (QED) is 0.859. The maximum Gasteiger partial charge on any atom is 0.325 e. The van der Waals surface area contributed by atoms with Crippen LogP contribution < -0.4 is 14.8 Å². The lowest BCUT2D eigenvalue weighted by Crippen LogP contribution is -2.40. The van der Waals surface area contributed by atoms with Gasteiger partial charge in [-0.15, -0.1) is 0 Å². The highest BCUT2D eigenvalue weighted by molar-refractivity contribution is 6.00. The molecule has 0 fully saturated rings. The largest absolute Gasteiger partial charge is 0.497 e. The number of nitrogens with one attached hydrogen (secondary N) is 1. The Morgan fingerprint density at radius 3 is 2.85 bits per heavy atom. The van der Waals surface area contributed by atoms with E-state index in [2.05, 4.69) is 5.32 Å². The number of methoxy groups -OCH3 is 1. The zero-order valence-electron chi connectivity index (χ0n) is 11.2. The van der Waals surface area contributed by atoms with E-state index in [4.69, 9.17) is 14.6 Å². The molecular formula is C14H15NO5.